The summed E-state index contributed by atoms with van der Waals surface area (Å²) in [6.45, 7) is 3.10. The summed E-state index contributed by atoms with van der Waals surface area (Å²) in [5, 5.41) is 16.0. The van der Waals surface area contributed by atoms with Gasteiger partial charge in [-0.3, -0.25) is 4.90 Å². The third-order valence-electron chi connectivity index (χ3n) is 8.25. The van der Waals surface area contributed by atoms with Crippen LogP contribution in [0.4, 0.5) is 0 Å². The van der Waals surface area contributed by atoms with E-state index >= 15 is 0 Å². The lowest BCUT2D eigenvalue weighted by Crippen LogP contribution is -2.81. The number of hydrogen-bond donors (Lipinski definition) is 1. The second-order valence-corrected chi connectivity index (χ2v) is 9.25. The molecule has 5 aliphatic rings. The number of morpholine rings is 1. The summed E-state index contributed by atoms with van der Waals surface area (Å²) in [7, 11) is 3.81. The lowest BCUT2D eigenvalue weighted by atomic mass is 9.49. The molecule has 2 fully saturated rings. The molecule has 2 saturated heterocycles. The van der Waals surface area contributed by atoms with Crippen molar-refractivity contribution in [2.75, 3.05) is 47.0 Å². The van der Waals surface area contributed by atoms with Crippen molar-refractivity contribution in [1.82, 2.24) is 9.80 Å². The SMILES string of the molecule is COc1ccc2c3c1O[C@@]1(N4CCOCC4)[C@](O)(N=[N+]=[N-])C=C[C@H]4[C@@H](C2)N(C)CC[C@@]341. The van der Waals surface area contributed by atoms with Gasteiger partial charge in [-0.2, -0.15) is 0 Å². The predicted octanol–water partition coefficient (Wildman–Crippen LogP) is 1.80. The Morgan fingerprint density at radius 1 is 1.29 bits per heavy atom. The summed E-state index contributed by atoms with van der Waals surface area (Å²) in [4.78, 5) is 7.63. The molecule has 2 bridgehead atoms. The second kappa shape index (κ2) is 6.37. The Balaban J connectivity index is 1.72. The Morgan fingerprint density at radius 3 is 2.84 bits per heavy atom. The van der Waals surface area contributed by atoms with Gasteiger partial charge in [-0.25, -0.2) is 0 Å². The first-order chi connectivity index (χ1) is 15.0. The number of benzene rings is 1. The number of likely N-dealkylation sites (tertiary alicyclic amines) is 1. The molecular formula is C22H27N5O4. The average Bonchev–Trinajstić information content (AvgIpc) is 3.11. The van der Waals surface area contributed by atoms with Crippen LogP contribution in [0.15, 0.2) is 29.4 Å². The molecule has 0 aromatic heterocycles. The average molecular weight is 425 g/mol. The summed E-state index contributed by atoms with van der Waals surface area (Å²) in [5.74, 6) is 1.44. The highest BCUT2D eigenvalue weighted by Gasteiger charge is 2.78. The largest absolute Gasteiger partial charge is 0.493 e. The highest BCUT2D eigenvalue weighted by molar-refractivity contribution is 5.64. The number of aliphatic hydroxyl groups is 1. The van der Waals surface area contributed by atoms with Crippen LogP contribution in [0.5, 0.6) is 11.5 Å². The molecule has 164 valence electrons. The number of piperidine rings is 1. The molecule has 1 aromatic rings. The number of likely N-dealkylation sites (N-methyl/N-ethyl adjacent to an activating group) is 1. The van der Waals surface area contributed by atoms with Gasteiger partial charge >= 0.3 is 0 Å². The molecule has 31 heavy (non-hydrogen) atoms. The molecule has 2 aliphatic carbocycles. The van der Waals surface area contributed by atoms with Crippen molar-refractivity contribution in [2.45, 2.75) is 35.7 Å². The Labute approximate surface area is 180 Å². The van der Waals surface area contributed by atoms with Gasteiger partial charge in [-0.15, -0.1) is 0 Å². The van der Waals surface area contributed by atoms with Crippen molar-refractivity contribution >= 4 is 0 Å². The van der Waals surface area contributed by atoms with Crippen molar-refractivity contribution in [2.24, 2.45) is 11.0 Å². The maximum absolute atomic E-state index is 12.0. The van der Waals surface area contributed by atoms with Crippen molar-refractivity contribution in [1.29, 1.82) is 0 Å². The maximum atomic E-state index is 12.0. The summed E-state index contributed by atoms with van der Waals surface area (Å²) in [6.07, 6.45) is 5.42. The van der Waals surface area contributed by atoms with E-state index in [1.807, 2.05) is 6.07 Å². The third-order valence-corrected chi connectivity index (χ3v) is 8.25. The Bertz CT molecular complexity index is 1020. The van der Waals surface area contributed by atoms with Gasteiger partial charge in [0, 0.05) is 35.5 Å². The van der Waals surface area contributed by atoms with Gasteiger partial charge in [0.25, 0.3) is 0 Å². The van der Waals surface area contributed by atoms with Crippen LogP contribution in [0.1, 0.15) is 17.5 Å². The molecule has 3 heterocycles. The number of methoxy groups -OCH3 is 1. The first-order valence-corrected chi connectivity index (χ1v) is 10.9. The van der Waals surface area contributed by atoms with Crippen molar-refractivity contribution in [3.05, 3.63) is 45.9 Å². The smallest absolute Gasteiger partial charge is 0.217 e. The molecule has 9 heteroatoms. The van der Waals surface area contributed by atoms with Gasteiger partial charge in [0.15, 0.2) is 11.5 Å². The van der Waals surface area contributed by atoms with Crippen molar-refractivity contribution in [3.8, 4) is 11.5 Å². The van der Waals surface area contributed by atoms with Crippen LogP contribution in [0.3, 0.4) is 0 Å². The molecule has 5 atom stereocenters. The Hall–Kier alpha value is -2.29. The standard InChI is InChI=1S/C22H27N5O4/c1-26-8-7-20-15-5-6-21(28,24-25-23)22(20,27-9-11-30-12-10-27)31-19-17(29-2)4-3-14(18(19)20)13-16(15)26/h3-6,15-16,28H,7-13H2,1-2H3/t15-,16+,20-,21-,22+/m0/s1. The molecule has 0 radical (unpaired) electrons. The van der Waals surface area contributed by atoms with Gasteiger partial charge < -0.3 is 24.2 Å². The number of ether oxygens (including phenoxy) is 3. The zero-order chi connectivity index (χ0) is 21.4. The van der Waals surface area contributed by atoms with E-state index in [0.29, 0.717) is 37.8 Å². The highest BCUT2D eigenvalue weighted by Crippen LogP contribution is 2.69. The Morgan fingerprint density at radius 2 is 2.10 bits per heavy atom. The number of nitrogens with zero attached hydrogens (tertiary/aromatic N) is 5. The van der Waals surface area contributed by atoms with E-state index < -0.39 is 16.9 Å². The van der Waals surface area contributed by atoms with E-state index in [1.54, 1.807) is 13.2 Å². The van der Waals surface area contributed by atoms with Crippen LogP contribution in [-0.4, -0.2) is 79.4 Å². The van der Waals surface area contributed by atoms with Crippen molar-refractivity contribution < 1.29 is 19.3 Å². The minimum atomic E-state index is -1.87. The normalized spacial score (nSPS) is 40.6. The second-order valence-electron chi connectivity index (χ2n) is 9.25. The van der Waals surface area contributed by atoms with E-state index in [1.165, 1.54) is 5.56 Å². The molecule has 1 aromatic carbocycles. The first-order valence-electron chi connectivity index (χ1n) is 10.9. The monoisotopic (exact) mass is 425 g/mol. The predicted molar refractivity (Wildman–Crippen MR) is 112 cm³/mol. The number of azide groups is 1. The summed E-state index contributed by atoms with van der Waals surface area (Å²) in [6, 6.07) is 4.35. The van der Waals surface area contributed by atoms with Gasteiger partial charge in [0.2, 0.25) is 11.4 Å². The molecule has 0 saturated carbocycles. The fourth-order valence-corrected chi connectivity index (χ4v) is 7.09. The first kappa shape index (κ1) is 19.4. The lowest BCUT2D eigenvalue weighted by molar-refractivity contribution is -0.258. The minimum Gasteiger partial charge on any atom is -0.493 e. The molecule has 0 unspecified atom stereocenters. The molecule has 1 N–H and O–H groups in total. The third kappa shape index (κ3) is 2.09. The van der Waals surface area contributed by atoms with Gasteiger partial charge in [0.1, 0.15) is 0 Å². The quantitative estimate of drug-likeness (QED) is 0.343. The Kier molecular flexibility index (Phi) is 3.99. The van der Waals surface area contributed by atoms with Crippen LogP contribution >= 0.6 is 0 Å². The van der Waals surface area contributed by atoms with E-state index in [0.717, 1.165) is 24.9 Å². The van der Waals surface area contributed by atoms with Gasteiger partial charge in [-0.05, 0) is 54.8 Å². The van der Waals surface area contributed by atoms with Crippen LogP contribution in [-0.2, 0) is 16.6 Å². The minimum absolute atomic E-state index is 0.115. The van der Waals surface area contributed by atoms with E-state index in [9.17, 15) is 10.6 Å². The van der Waals surface area contributed by atoms with E-state index in [2.05, 4.69) is 39.0 Å². The lowest BCUT2D eigenvalue weighted by Gasteiger charge is -2.65. The molecule has 3 aliphatic heterocycles. The summed E-state index contributed by atoms with van der Waals surface area (Å²) in [5.41, 5.74) is 8.11. The van der Waals surface area contributed by atoms with Gasteiger partial charge in [-0.1, -0.05) is 12.1 Å². The molecular weight excluding hydrogens is 398 g/mol. The molecule has 1 spiro atoms. The summed E-state index contributed by atoms with van der Waals surface area (Å²) < 4.78 is 18.2. The highest BCUT2D eigenvalue weighted by atomic mass is 16.6. The van der Waals surface area contributed by atoms with E-state index in [4.69, 9.17) is 14.2 Å². The van der Waals surface area contributed by atoms with Crippen LogP contribution in [0.2, 0.25) is 0 Å². The zero-order valence-electron chi connectivity index (χ0n) is 17.8. The molecule has 9 nitrogen and oxygen atoms in total. The topological polar surface area (TPSA) is 103 Å². The number of hydrogen-bond acceptors (Lipinski definition) is 7. The van der Waals surface area contributed by atoms with Crippen LogP contribution < -0.4 is 9.47 Å². The fraction of sp³-hybridized carbons (Fsp3) is 0.636. The maximum Gasteiger partial charge on any atom is 0.217 e. The summed E-state index contributed by atoms with van der Waals surface area (Å²) >= 11 is 0. The molecule has 6 rings (SSSR count). The fourth-order valence-electron chi connectivity index (χ4n) is 7.09. The van der Waals surface area contributed by atoms with Crippen LogP contribution in [0.25, 0.3) is 10.4 Å². The van der Waals surface area contributed by atoms with E-state index in [-0.39, 0.29) is 12.0 Å². The van der Waals surface area contributed by atoms with Gasteiger partial charge in [0.05, 0.1) is 25.7 Å². The number of rotatable bonds is 3. The van der Waals surface area contributed by atoms with Crippen molar-refractivity contribution in [3.63, 3.8) is 0 Å². The zero-order valence-corrected chi connectivity index (χ0v) is 17.8. The van der Waals surface area contributed by atoms with Crippen LogP contribution in [0, 0.1) is 5.92 Å². The molecule has 0 amide bonds.